The van der Waals surface area contributed by atoms with E-state index in [9.17, 15) is 14.4 Å². The average Bonchev–Trinajstić information content (AvgIpc) is 2.71. The molecule has 3 rings (SSSR count). The molecule has 0 radical (unpaired) electrons. The van der Waals surface area contributed by atoms with E-state index >= 15 is 0 Å². The quantitative estimate of drug-likeness (QED) is 0.236. The van der Waals surface area contributed by atoms with Crippen LogP contribution in [-0.2, 0) is 28.6 Å². The lowest BCUT2D eigenvalue weighted by atomic mass is 9.74. The molecule has 3 heterocycles. The van der Waals surface area contributed by atoms with Crippen LogP contribution in [0.5, 0.6) is 0 Å². The normalized spacial score (nSPS) is 28.2. The molecule has 2 unspecified atom stereocenters. The highest BCUT2D eigenvalue weighted by Crippen LogP contribution is 2.40. The largest absolute Gasteiger partial charge is 0.462 e. The lowest BCUT2D eigenvalue weighted by molar-refractivity contribution is -0.182. The van der Waals surface area contributed by atoms with Gasteiger partial charge in [0.15, 0.2) is 0 Å². The molecule has 44 heavy (non-hydrogen) atoms. The molecular formula is C35H63N3O6. The summed E-state index contributed by atoms with van der Waals surface area (Å²) in [5, 5.41) is 10.8. The third-order valence-corrected chi connectivity index (χ3v) is 9.60. The molecule has 0 bridgehead atoms. The summed E-state index contributed by atoms with van der Waals surface area (Å²) < 4.78 is 18.3. The summed E-state index contributed by atoms with van der Waals surface area (Å²) in [4.78, 5) is 41.6. The Labute approximate surface area is 267 Å². The van der Waals surface area contributed by atoms with Gasteiger partial charge in [-0.2, -0.15) is 0 Å². The van der Waals surface area contributed by atoms with E-state index in [0.29, 0.717) is 38.5 Å². The van der Waals surface area contributed by atoms with Crippen LogP contribution >= 0.6 is 0 Å². The number of hydrogen-bond donors (Lipinski definition) is 3. The van der Waals surface area contributed by atoms with Crippen molar-refractivity contribution in [2.45, 2.75) is 193 Å². The Hall–Kier alpha value is -1.71. The van der Waals surface area contributed by atoms with Crippen molar-refractivity contribution in [2.75, 3.05) is 0 Å². The Kier molecular flexibility index (Phi) is 10.1. The van der Waals surface area contributed by atoms with E-state index in [1.807, 2.05) is 0 Å². The Morgan fingerprint density at radius 2 is 0.886 bits per heavy atom. The Bertz CT molecular complexity index is 1050. The van der Waals surface area contributed by atoms with E-state index in [1.165, 1.54) is 0 Å². The molecule has 0 aliphatic carbocycles. The number of carbonyl (C=O) groups excluding carboxylic acids is 3. The minimum Gasteiger partial charge on any atom is -0.462 e. The number of piperidine rings is 3. The zero-order valence-electron chi connectivity index (χ0n) is 30.2. The van der Waals surface area contributed by atoms with Crippen LogP contribution in [0.4, 0.5) is 0 Å². The highest BCUT2D eigenvalue weighted by molar-refractivity contribution is 5.89. The predicted octanol–water partition coefficient (Wildman–Crippen LogP) is 5.58. The van der Waals surface area contributed by atoms with Gasteiger partial charge in [0.1, 0.15) is 18.3 Å². The van der Waals surface area contributed by atoms with Crippen molar-refractivity contribution < 1.29 is 28.6 Å². The summed E-state index contributed by atoms with van der Waals surface area (Å²) in [6, 6.07) is 0. The van der Waals surface area contributed by atoms with Crippen molar-refractivity contribution in [3.63, 3.8) is 0 Å². The molecule has 0 aromatic carbocycles. The number of carbonyl (C=O) groups is 3. The van der Waals surface area contributed by atoms with Crippen LogP contribution in [0.25, 0.3) is 0 Å². The topological polar surface area (TPSA) is 115 Å². The van der Waals surface area contributed by atoms with E-state index in [1.54, 1.807) is 13.8 Å². The van der Waals surface area contributed by atoms with E-state index in [0.717, 1.165) is 0 Å². The van der Waals surface area contributed by atoms with Crippen LogP contribution in [0.1, 0.15) is 142 Å². The second-order valence-corrected chi connectivity index (χ2v) is 18.4. The number of nitrogens with one attached hydrogen (secondary N) is 3. The first-order valence-corrected chi connectivity index (χ1v) is 16.6. The Morgan fingerprint density at radius 3 is 1.23 bits per heavy atom. The molecule has 9 nitrogen and oxygen atoms in total. The third kappa shape index (κ3) is 9.89. The molecule has 0 amide bonds. The van der Waals surface area contributed by atoms with Gasteiger partial charge in [-0.1, -0.05) is 6.92 Å². The average molecular weight is 622 g/mol. The molecule has 3 aliphatic rings. The number of ether oxygens (including phenoxy) is 3. The lowest BCUT2D eigenvalue weighted by Gasteiger charge is -2.47. The monoisotopic (exact) mass is 621 g/mol. The molecule has 3 N–H and O–H groups in total. The van der Waals surface area contributed by atoms with Gasteiger partial charge in [-0.25, -0.2) is 0 Å². The summed E-state index contributed by atoms with van der Waals surface area (Å²) in [6.07, 6.45) is 2.62. The van der Waals surface area contributed by atoms with Gasteiger partial charge in [-0.15, -0.1) is 0 Å². The molecule has 254 valence electrons. The second kappa shape index (κ2) is 12.1. The number of esters is 3. The molecule has 3 aliphatic heterocycles. The first kappa shape index (κ1) is 36.8. The highest BCUT2D eigenvalue weighted by Gasteiger charge is 2.51. The van der Waals surface area contributed by atoms with Crippen LogP contribution in [0.2, 0.25) is 0 Å². The summed E-state index contributed by atoms with van der Waals surface area (Å²) in [7, 11) is 0. The molecule has 3 fully saturated rings. The van der Waals surface area contributed by atoms with Gasteiger partial charge >= 0.3 is 17.9 Å². The molecule has 0 saturated carbocycles. The summed E-state index contributed by atoms with van der Waals surface area (Å²) in [6.45, 7) is 28.5. The zero-order valence-corrected chi connectivity index (χ0v) is 30.2. The van der Waals surface area contributed by atoms with Gasteiger partial charge in [-0.3, -0.25) is 14.4 Å². The van der Waals surface area contributed by atoms with Crippen molar-refractivity contribution in [1.82, 2.24) is 16.0 Å². The van der Waals surface area contributed by atoms with Crippen LogP contribution in [-0.4, -0.2) is 69.5 Å². The number of hydrogen-bond acceptors (Lipinski definition) is 9. The highest BCUT2D eigenvalue weighted by atomic mass is 16.6. The fourth-order valence-corrected chi connectivity index (χ4v) is 8.68. The van der Waals surface area contributed by atoms with E-state index < -0.39 is 29.2 Å². The van der Waals surface area contributed by atoms with E-state index in [4.69, 9.17) is 14.2 Å². The number of rotatable bonds is 8. The maximum absolute atomic E-state index is 14.2. The van der Waals surface area contributed by atoms with Gasteiger partial charge < -0.3 is 30.2 Å². The van der Waals surface area contributed by atoms with Gasteiger partial charge in [0, 0.05) is 71.8 Å². The van der Waals surface area contributed by atoms with Crippen LogP contribution < -0.4 is 16.0 Å². The van der Waals surface area contributed by atoms with Crippen molar-refractivity contribution in [3.8, 4) is 0 Å². The maximum atomic E-state index is 14.2. The summed E-state index contributed by atoms with van der Waals surface area (Å²) in [5.41, 5.74) is -2.80. The second-order valence-electron chi connectivity index (χ2n) is 18.4. The third-order valence-electron chi connectivity index (χ3n) is 9.60. The standard InChI is InChI=1S/C35H63N3O6/c1-22(27(40)43-24-17-31(6,7)37-32(8,9)18-24)35(14,28(41)44-25-19-33(10,11)38-34(12,13)20-25)21-26(39)42-23-15-29(2,3)36-30(4,5)16-23/h22-25,36-38H,15-21H2,1-14H3. The van der Waals surface area contributed by atoms with Gasteiger partial charge in [0.25, 0.3) is 0 Å². The fourth-order valence-electron chi connectivity index (χ4n) is 8.68. The van der Waals surface area contributed by atoms with Crippen LogP contribution in [0.3, 0.4) is 0 Å². The molecule has 0 aromatic rings. The summed E-state index contributed by atoms with van der Waals surface area (Å²) >= 11 is 0. The van der Waals surface area contributed by atoms with E-state index in [2.05, 4.69) is 99.0 Å². The summed E-state index contributed by atoms with van der Waals surface area (Å²) in [5.74, 6) is -2.48. The minimum absolute atomic E-state index is 0.211. The van der Waals surface area contributed by atoms with E-state index in [-0.39, 0.29) is 58.0 Å². The van der Waals surface area contributed by atoms with Gasteiger partial charge in [-0.05, 0) is 90.0 Å². The molecule has 9 heteroatoms. The van der Waals surface area contributed by atoms with Gasteiger partial charge in [0.05, 0.1) is 17.8 Å². The maximum Gasteiger partial charge on any atom is 0.313 e. The smallest absolute Gasteiger partial charge is 0.313 e. The SMILES string of the molecule is CC(C(=O)OC1CC(C)(C)NC(C)(C)C1)C(C)(CC(=O)OC1CC(C)(C)NC(C)(C)C1)C(=O)OC1CC(C)(C)NC(C)(C)C1. The predicted molar refractivity (Wildman–Crippen MR) is 173 cm³/mol. The van der Waals surface area contributed by atoms with Crippen molar-refractivity contribution in [2.24, 2.45) is 11.3 Å². The molecule has 0 spiro atoms. The molecule has 0 aromatic heterocycles. The zero-order chi connectivity index (χ0) is 33.7. The van der Waals surface area contributed by atoms with Crippen molar-refractivity contribution in [3.05, 3.63) is 0 Å². The first-order chi connectivity index (χ1) is 19.6. The lowest BCUT2D eigenvalue weighted by Crippen LogP contribution is -2.60. The fraction of sp³-hybridized carbons (Fsp3) is 0.914. The Balaban J connectivity index is 1.84. The molecule has 2 atom stereocenters. The molecular weight excluding hydrogens is 558 g/mol. The van der Waals surface area contributed by atoms with Crippen molar-refractivity contribution in [1.29, 1.82) is 0 Å². The molecule has 3 saturated heterocycles. The van der Waals surface area contributed by atoms with Crippen molar-refractivity contribution >= 4 is 17.9 Å². The Morgan fingerprint density at radius 1 is 0.591 bits per heavy atom. The first-order valence-electron chi connectivity index (χ1n) is 16.6. The van der Waals surface area contributed by atoms with Crippen LogP contribution in [0.15, 0.2) is 0 Å². The van der Waals surface area contributed by atoms with Gasteiger partial charge in [0.2, 0.25) is 0 Å². The minimum atomic E-state index is -1.47. The van der Waals surface area contributed by atoms with Crippen LogP contribution in [0, 0.1) is 11.3 Å².